The number of amides is 1. The molecule has 0 radical (unpaired) electrons. The summed E-state index contributed by atoms with van der Waals surface area (Å²) in [6, 6.07) is 0. The monoisotopic (exact) mass is 242 g/mol. The summed E-state index contributed by atoms with van der Waals surface area (Å²) in [4.78, 5) is 30.6. The van der Waals surface area contributed by atoms with E-state index in [1.807, 2.05) is 6.26 Å². The van der Waals surface area contributed by atoms with Gasteiger partial charge in [-0.1, -0.05) is 23.1 Å². The fourth-order valence-corrected chi connectivity index (χ4v) is 2.42. The Kier molecular flexibility index (Phi) is 2.69. The van der Waals surface area contributed by atoms with Crippen LogP contribution < -0.4 is 11.0 Å². The average Bonchev–Trinajstić information content (AvgIpc) is 2.66. The van der Waals surface area contributed by atoms with E-state index in [-0.39, 0.29) is 11.1 Å². The lowest BCUT2D eigenvalue weighted by molar-refractivity contribution is -0.106. The van der Waals surface area contributed by atoms with Gasteiger partial charge in [0.1, 0.15) is 6.33 Å². The van der Waals surface area contributed by atoms with E-state index >= 15 is 0 Å². The Morgan fingerprint density at radius 2 is 2.47 bits per heavy atom. The molecule has 15 heavy (non-hydrogen) atoms. The summed E-state index contributed by atoms with van der Waals surface area (Å²) >= 11 is 2.80. The largest absolute Gasteiger partial charge is 0.299 e. The third kappa shape index (κ3) is 1.73. The number of carbonyl (C=O) groups is 1. The van der Waals surface area contributed by atoms with Crippen molar-refractivity contribution >= 4 is 39.9 Å². The summed E-state index contributed by atoms with van der Waals surface area (Å²) in [6.45, 7) is 0. The molecule has 0 bridgehead atoms. The van der Waals surface area contributed by atoms with Gasteiger partial charge in [-0.15, -0.1) is 0 Å². The van der Waals surface area contributed by atoms with Crippen LogP contribution in [0.1, 0.15) is 0 Å². The zero-order valence-electron chi connectivity index (χ0n) is 7.63. The van der Waals surface area contributed by atoms with Crippen molar-refractivity contribution in [2.75, 3.05) is 11.7 Å². The molecule has 6 nitrogen and oxygen atoms in total. The molecule has 0 fully saturated rings. The van der Waals surface area contributed by atoms with Crippen molar-refractivity contribution in [3.8, 4) is 0 Å². The molecule has 8 heteroatoms. The molecule has 0 saturated carbocycles. The van der Waals surface area contributed by atoms with E-state index in [9.17, 15) is 9.59 Å². The van der Waals surface area contributed by atoms with Gasteiger partial charge in [0.25, 0.3) is 5.56 Å². The van der Waals surface area contributed by atoms with Crippen LogP contribution >= 0.6 is 23.1 Å². The van der Waals surface area contributed by atoms with Gasteiger partial charge in [-0.2, -0.15) is 0 Å². The Morgan fingerprint density at radius 1 is 1.67 bits per heavy atom. The van der Waals surface area contributed by atoms with Crippen molar-refractivity contribution < 1.29 is 4.79 Å². The summed E-state index contributed by atoms with van der Waals surface area (Å²) in [7, 11) is 0. The quantitative estimate of drug-likeness (QED) is 0.617. The van der Waals surface area contributed by atoms with Crippen molar-refractivity contribution in [1.29, 1.82) is 0 Å². The molecule has 0 spiro atoms. The predicted octanol–water partition coefficient (Wildman–Crippen LogP) is 0.275. The average molecular weight is 242 g/mol. The van der Waals surface area contributed by atoms with E-state index in [1.165, 1.54) is 29.4 Å². The van der Waals surface area contributed by atoms with Gasteiger partial charge in [0.2, 0.25) is 6.41 Å². The first kappa shape index (κ1) is 10.1. The highest BCUT2D eigenvalue weighted by Gasteiger charge is 2.09. The van der Waals surface area contributed by atoms with E-state index in [1.54, 1.807) is 0 Å². The minimum atomic E-state index is -0.372. The topological polar surface area (TPSA) is 76.9 Å². The van der Waals surface area contributed by atoms with Crippen molar-refractivity contribution in [3.05, 3.63) is 16.7 Å². The molecular weight excluding hydrogens is 236 g/mol. The summed E-state index contributed by atoms with van der Waals surface area (Å²) in [5.41, 5.74) is 2.12. The minimum absolute atomic E-state index is 0.279. The smallest absolute Gasteiger partial charge is 0.277 e. The molecule has 0 aliphatic heterocycles. The van der Waals surface area contributed by atoms with Gasteiger partial charge in [-0.25, -0.2) is 14.6 Å². The van der Waals surface area contributed by atoms with Gasteiger partial charge >= 0.3 is 0 Å². The first-order valence-corrected chi connectivity index (χ1v) is 5.92. The number of rotatable bonds is 3. The van der Waals surface area contributed by atoms with Gasteiger partial charge in [0.15, 0.2) is 14.7 Å². The summed E-state index contributed by atoms with van der Waals surface area (Å²) in [6.07, 6.45) is 3.55. The molecule has 0 unspecified atom stereocenters. The van der Waals surface area contributed by atoms with Crippen molar-refractivity contribution in [2.45, 2.75) is 4.34 Å². The Labute approximate surface area is 92.3 Å². The number of nitrogens with zero attached hydrogens (tertiary/aromatic N) is 3. The molecule has 0 atom stereocenters. The van der Waals surface area contributed by atoms with Crippen LogP contribution in [-0.2, 0) is 4.79 Å². The van der Waals surface area contributed by atoms with Gasteiger partial charge in [-0.05, 0) is 6.26 Å². The Balaban J connectivity index is 2.67. The van der Waals surface area contributed by atoms with E-state index < -0.39 is 0 Å². The Bertz CT molecular complexity index is 562. The number of hydrogen-bond donors (Lipinski definition) is 1. The van der Waals surface area contributed by atoms with Crippen LogP contribution in [0, 0.1) is 0 Å². The number of thiazole rings is 1. The van der Waals surface area contributed by atoms with Crippen LogP contribution in [0.3, 0.4) is 0 Å². The molecule has 78 valence electrons. The molecule has 2 aromatic heterocycles. The minimum Gasteiger partial charge on any atom is -0.277 e. The molecule has 2 aromatic rings. The first-order valence-electron chi connectivity index (χ1n) is 3.88. The van der Waals surface area contributed by atoms with Gasteiger partial charge < -0.3 is 0 Å². The maximum atomic E-state index is 11.7. The lowest BCUT2D eigenvalue weighted by atomic mass is 10.6. The standard InChI is InChI=1S/C7H6N4O2S2/c1-14-7-10-4-5(15-7)8-2-11(6(4)13)9-3-12/h2-3H,1H3,(H,9,12). The molecule has 2 heterocycles. The number of carbonyl (C=O) groups excluding carboxylic acids is 1. The van der Waals surface area contributed by atoms with Crippen LogP contribution in [0.5, 0.6) is 0 Å². The SMILES string of the molecule is CSc1nc2c(=O)n(NC=O)cnc2s1. The van der Waals surface area contributed by atoms with Gasteiger partial charge in [-0.3, -0.25) is 15.0 Å². The maximum Gasteiger partial charge on any atom is 0.299 e. The summed E-state index contributed by atoms with van der Waals surface area (Å²) in [5, 5.41) is 0. The maximum absolute atomic E-state index is 11.7. The summed E-state index contributed by atoms with van der Waals surface area (Å²) in [5.74, 6) is 0. The fourth-order valence-electron chi connectivity index (χ4n) is 1.03. The van der Waals surface area contributed by atoms with Crippen molar-refractivity contribution in [3.63, 3.8) is 0 Å². The number of nitrogens with one attached hydrogen (secondary N) is 1. The number of fused-ring (bicyclic) bond motifs is 1. The fraction of sp³-hybridized carbons (Fsp3) is 0.143. The Morgan fingerprint density at radius 3 is 3.13 bits per heavy atom. The van der Waals surface area contributed by atoms with Gasteiger partial charge in [0, 0.05) is 0 Å². The second kappa shape index (κ2) is 3.99. The van der Waals surface area contributed by atoms with E-state index in [4.69, 9.17) is 0 Å². The molecular formula is C7H6N4O2S2. The normalized spacial score (nSPS) is 10.5. The molecule has 0 saturated heterocycles. The zero-order valence-corrected chi connectivity index (χ0v) is 9.26. The number of hydrogen-bond acceptors (Lipinski definition) is 6. The second-order valence-electron chi connectivity index (χ2n) is 2.50. The molecule has 0 aromatic carbocycles. The third-order valence-electron chi connectivity index (χ3n) is 1.67. The molecule has 1 N–H and O–H groups in total. The zero-order chi connectivity index (χ0) is 10.8. The number of thioether (sulfide) groups is 1. The highest BCUT2D eigenvalue weighted by Crippen LogP contribution is 2.23. The van der Waals surface area contributed by atoms with Crippen molar-refractivity contribution in [2.24, 2.45) is 0 Å². The summed E-state index contributed by atoms with van der Waals surface area (Å²) < 4.78 is 1.78. The van der Waals surface area contributed by atoms with Crippen molar-refractivity contribution in [1.82, 2.24) is 14.6 Å². The van der Waals surface area contributed by atoms with Crippen LogP contribution in [0.15, 0.2) is 15.5 Å². The molecule has 2 rings (SSSR count). The number of aromatic nitrogens is 3. The van der Waals surface area contributed by atoms with Crippen LogP contribution in [-0.4, -0.2) is 27.3 Å². The molecule has 0 aliphatic rings. The van der Waals surface area contributed by atoms with E-state index in [0.29, 0.717) is 11.2 Å². The lowest BCUT2D eigenvalue weighted by Gasteiger charge is -1.99. The van der Waals surface area contributed by atoms with E-state index in [0.717, 1.165) is 9.02 Å². The highest BCUT2D eigenvalue weighted by atomic mass is 32.2. The van der Waals surface area contributed by atoms with Crippen LogP contribution in [0.2, 0.25) is 0 Å². The second-order valence-corrected chi connectivity index (χ2v) is 4.54. The first-order chi connectivity index (χ1) is 7.26. The molecule has 1 amide bonds. The Hall–Kier alpha value is -1.41. The molecule has 0 aliphatic carbocycles. The third-order valence-corrected chi connectivity index (χ3v) is 3.62. The van der Waals surface area contributed by atoms with Gasteiger partial charge in [0.05, 0.1) is 0 Å². The highest BCUT2D eigenvalue weighted by molar-refractivity contribution is 8.00. The lowest BCUT2D eigenvalue weighted by Crippen LogP contribution is -2.28. The van der Waals surface area contributed by atoms with Crippen LogP contribution in [0.4, 0.5) is 0 Å². The van der Waals surface area contributed by atoms with E-state index in [2.05, 4.69) is 15.4 Å². The van der Waals surface area contributed by atoms with Crippen LogP contribution in [0.25, 0.3) is 10.3 Å². The predicted molar refractivity (Wildman–Crippen MR) is 58.9 cm³/mol.